The first-order chi connectivity index (χ1) is 15.1. The molecule has 4 rings (SSSR count). The van der Waals surface area contributed by atoms with Crippen molar-refractivity contribution in [2.24, 2.45) is 5.73 Å². The maximum absolute atomic E-state index is 13.5. The maximum atomic E-state index is 13.5. The van der Waals surface area contributed by atoms with Crippen LogP contribution in [0.5, 0.6) is 0 Å². The number of fused-ring (bicyclic) bond motifs is 1. The highest BCUT2D eigenvalue weighted by molar-refractivity contribution is 7.59. The van der Waals surface area contributed by atoms with E-state index in [1.54, 1.807) is 36.1 Å². The van der Waals surface area contributed by atoms with Crippen LogP contribution in [0.4, 0.5) is 29.3 Å². The third kappa shape index (κ3) is 4.70. The van der Waals surface area contributed by atoms with E-state index in [2.05, 4.69) is 0 Å². The molecule has 34 heavy (non-hydrogen) atoms. The molecule has 6 nitrogen and oxygen atoms in total. The zero-order valence-corrected chi connectivity index (χ0v) is 20.3. The highest BCUT2D eigenvalue weighted by Crippen LogP contribution is 2.42. The molecule has 1 saturated heterocycles. The number of aryl methyl sites for hydroxylation is 1. The van der Waals surface area contributed by atoms with E-state index in [1.807, 2.05) is 0 Å². The van der Waals surface area contributed by atoms with E-state index in [-0.39, 0.29) is 44.8 Å². The molecule has 0 unspecified atom stereocenters. The fraction of sp³-hybridized carbons (Fsp3) is 0.348. The normalized spacial score (nSPS) is 19.6. The number of alkyl halides is 3. The van der Waals surface area contributed by atoms with Crippen molar-refractivity contribution in [3.05, 3.63) is 58.7 Å². The number of carbonyl (C=O) groups is 2. The van der Waals surface area contributed by atoms with Gasteiger partial charge in [-0.15, -0.1) is 0 Å². The minimum atomic E-state index is -4.71. The van der Waals surface area contributed by atoms with Crippen LogP contribution in [0.3, 0.4) is 0 Å². The Bertz CT molecular complexity index is 1150. The zero-order valence-electron chi connectivity index (χ0n) is 18.3. The molecule has 1 aliphatic heterocycles. The number of hydrogen-bond donors (Lipinski definition) is 1. The number of primary amides is 1. The van der Waals surface area contributed by atoms with E-state index >= 15 is 0 Å². The standard InChI is InChI=1S/C23H21F3N4O2.2H2S/c1-13-10-15(8-9-17(13)21(28)31)29-19-4-2-3-5-20(19)30(22(29)32)16-7-6-14(12-27)18(11-16)23(24,25)26;;/h6-11,19-20H,2-5H2,1H3,(H2,28,31);2*1H2/t19-,20-;;/m0../s1. The van der Waals surface area contributed by atoms with E-state index in [4.69, 9.17) is 11.0 Å². The molecule has 2 fully saturated rings. The molecule has 0 aromatic heterocycles. The average Bonchev–Trinajstić information content (AvgIpc) is 3.04. The molecular formula is C23H25F3N4O2S2. The lowest BCUT2D eigenvalue weighted by Gasteiger charge is -2.32. The van der Waals surface area contributed by atoms with Crippen molar-refractivity contribution in [1.29, 1.82) is 5.26 Å². The van der Waals surface area contributed by atoms with Gasteiger partial charge in [0.15, 0.2) is 0 Å². The Morgan fingerprint density at radius 2 is 1.56 bits per heavy atom. The second-order valence-corrected chi connectivity index (χ2v) is 8.14. The number of amides is 3. The Morgan fingerprint density at radius 1 is 1.03 bits per heavy atom. The zero-order chi connectivity index (χ0) is 23.2. The lowest BCUT2D eigenvalue weighted by Crippen LogP contribution is -2.40. The minimum absolute atomic E-state index is 0. The number of benzene rings is 2. The van der Waals surface area contributed by atoms with Gasteiger partial charge in [-0.25, -0.2) is 4.79 Å². The second-order valence-electron chi connectivity index (χ2n) is 8.14. The van der Waals surface area contributed by atoms with Gasteiger partial charge in [0.25, 0.3) is 0 Å². The van der Waals surface area contributed by atoms with Gasteiger partial charge in [-0.3, -0.25) is 14.6 Å². The van der Waals surface area contributed by atoms with Crippen LogP contribution in [0, 0.1) is 18.3 Å². The first-order valence-corrected chi connectivity index (χ1v) is 10.3. The molecule has 11 heteroatoms. The van der Waals surface area contributed by atoms with Gasteiger partial charge in [0, 0.05) is 16.9 Å². The second kappa shape index (κ2) is 10.2. The van der Waals surface area contributed by atoms with Crippen LogP contribution in [0.25, 0.3) is 0 Å². The summed E-state index contributed by atoms with van der Waals surface area (Å²) in [6, 6.07) is 8.93. The summed E-state index contributed by atoms with van der Waals surface area (Å²) in [6.45, 7) is 1.72. The Labute approximate surface area is 209 Å². The monoisotopic (exact) mass is 510 g/mol. The molecule has 3 amide bonds. The van der Waals surface area contributed by atoms with Crippen LogP contribution < -0.4 is 15.5 Å². The molecule has 0 radical (unpaired) electrons. The third-order valence-electron chi connectivity index (χ3n) is 6.23. The molecule has 2 aromatic rings. The quantitative estimate of drug-likeness (QED) is 0.632. The fourth-order valence-electron chi connectivity index (χ4n) is 4.79. The van der Waals surface area contributed by atoms with Crippen molar-refractivity contribution < 1.29 is 22.8 Å². The largest absolute Gasteiger partial charge is 0.417 e. The molecule has 1 saturated carbocycles. The van der Waals surface area contributed by atoms with Crippen LogP contribution in [-0.2, 0) is 6.18 Å². The Kier molecular flexibility index (Phi) is 8.22. The van der Waals surface area contributed by atoms with Crippen molar-refractivity contribution >= 4 is 50.3 Å². The van der Waals surface area contributed by atoms with Gasteiger partial charge in [-0.05, 0) is 61.7 Å². The third-order valence-corrected chi connectivity index (χ3v) is 6.23. The predicted molar refractivity (Wildman–Crippen MR) is 133 cm³/mol. The molecule has 1 aliphatic carbocycles. The predicted octanol–water partition coefficient (Wildman–Crippen LogP) is 4.97. The van der Waals surface area contributed by atoms with Crippen molar-refractivity contribution in [3.63, 3.8) is 0 Å². The Balaban J connectivity index is 0.00000204. The van der Waals surface area contributed by atoms with E-state index in [9.17, 15) is 22.8 Å². The van der Waals surface area contributed by atoms with E-state index < -0.39 is 29.2 Å². The number of anilines is 2. The van der Waals surface area contributed by atoms with Gasteiger partial charge in [-0.1, -0.05) is 12.8 Å². The highest BCUT2D eigenvalue weighted by atomic mass is 32.1. The molecule has 2 aliphatic rings. The molecule has 2 aromatic carbocycles. The van der Waals surface area contributed by atoms with Crippen LogP contribution in [-0.4, -0.2) is 24.0 Å². The van der Waals surface area contributed by atoms with Gasteiger partial charge in [0.05, 0.1) is 29.3 Å². The summed E-state index contributed by atoms with van der Waals surface area (Å²) in [5.74, 6) is -0.573. The average molecular weight is 511 g/mol. The number of nitrogens with zero attached hydrogens (tertiary/aromatic N) is 3. The first-order valence-electron chi connectivity index (χ1n) is 10.3. The van der Waals surface area contributed by atoms with Crippen molar-refractivity contribution in [2.75, 3.05) is 9.80 Å². The number of halogens is 3. The Morgan fingerprint density at radius 3 is 2.03 bits per heavy atom. The van der Waals surface area contributed by atoms with Crippen molar-refractivity contribution in [3.8, 4) is 6.07 Å². The lowest BCUT2D eigenvalue weighted by atomic mass is 9.89. The number of hydrogen-bond acceptors (Lipinski definition) is 3. The maximum Gasteiger partial charge on any atom is 0.417 e. The number of nitrogens with two attached hydrogens (primary N) is 1. The summed E-state index contributed by atoms with van der Waals surface area (Å²) < 4.78 is 40.6. The summed E-state index contributed by atoms with van der Waals surface area (Å²) in [4.78, 5) is 28.1. The summed E-state index contributed by atoms with van der Waals surface area (Å²) in [6.07, 6.45) is -1.57. The number of nitriles is 1. The lowest BCUT2D eigenvalue weighted by molar-refractivity contribution is -0.137. The molecule has 1 heterocycles. The van der Waals surface area contributed by atoms with Crippen LogP contribution >= 0.6 is 27.0 Å². The molecule has 2 atom stereocenters. The SMILES string of the molecule is Cc1cc(N2C(=O)N(c3ccc(C#N)c(C(F)(F)F)c3)[C@H]3CCCC[C@@H]32)ccc1C(N)=O.S.S. The summed E-state index contributed by atoms with van der Waals surface area (Å²) in [7, 11) is 0. The van der Waals surface area contributed by atoms with E-state index in [1.165, 1.54) is 11.0 Å². The van der Waals surface area contributed by atoms with Gasteiger partial charge in [-0.2, -0.15) is 45.4 Å². The van der Waals surface area contributed by atoms with Crippen molar-refractivity contribution in [2.45, 2.75) is 50.9 Å². The summed E-state index contributed by atoms with van der Waals surface area (Å²) >= 11 is 0. The number of carbonyl (C=O) groups excluding carboxylic acids is 2. The topological polar surface area (TPSA) is 90.4 Å². The number of rotatable bonds is 3. The smallest absolute Gasteiger partial charge is 0.366 e. The van der Waals surface area contributed by atoms with Crippen molar-refractivity contribution in [1.82, 2.24) is 0 Å². The molecule has 0 bridgehead atoms. The van der Waals surface area contributed by atoms with Gasteiger partial charge >= 0.3 is 12.2 Å². The van der Waals surface area contributed by atoms with E-state index in [0.29, 0.717) is 29.7 Å². The molecule has 2 N–H and O–H groups in total. The first kappa shape index (κ1) is 27.4. The van der Waals surface area contributed by atoms with Gasteiger partial charge < -0.3 is 5.73 Å². The Hall–Kier alpha value is -2.84. The summed E-state index contributed by atoms with van der Waals surface area (Å²) in [5, 5.41) is 9.08. The molecular weight excluding hydrogens is 485 g/mol. The minimum Gasteiger partial charge on any atom is -0.366 e. The van der Waals surface area contributed by atoms with Crippen LogP contribution in [0.15, 0.2) is 36.4 Å². The van der Waals surface area contributed by atoms with Crippen LogP contribution in [0.2, 0.25) is 0 Å². The fourth-order valence-corrected chi connectivity index (χ4v) is 4.79. The highest BCUT2D eigenvalue weighted by Gasteiger charge is 2.48. The molecule has 0 spiro atoms. The van der Waals surface area contributed by atoms with Gasteiger partial charge in [0.2, 0.25) is 5.91 Å². The summed E-state index contributed by atoms with van der Waals surface area (Å²) in [5.41, 5.74) is 5.49. The van der Waals surface area contributed by atoms with E-state index in [0.717, 1.165) is 25.0 Å². The van der Waals surface area contributed by atoms with Gasteiger partial charge in [0.1, 0.15) is 0 Å². The molecule has 182 valence electrons. The van der Waals surface area contributed by atoms with Crippen LogP contribution in [0.1, 0.15) is 52.7 Å². The number of urea groups is 1.